The summed E-state index contributed by atoms with van der Waals surface area (Å²) in [5.74, 6) is 0. The van der Waals surface area contributed by atoms with Crippen LogP contribution in [0.1, 0.15) is 0 Å². The lowest BCUT2D eigenvalue weighted by molar-refractivity contribution is 1.36. The van der Waals surface area contributed by atoms with Crippen molar-refractivity contribution >= 4 is 54.5 Å². The van der Waals surface area contributed by atoms with Gasteiger partial charge in [-0.2, -0.15) is 0 Å². The molecule has 0 saturated carbocycles. The van der Waals surface area contributed by atoms with E-state index >= 15 is 0 Å². The van der Waals surface area contributed by atoms with Gasteiger partial charge in [-0.15, -0.1) is 0 Å². The van der Waals surface area contributed by atoms with E-state index in [2.05, 4.69) is 146 Å². The molecule has 0 bridgehead atoms. The molecule has 0 radical (unpaired) electrons. The highest BCUT2D eigenvalue weighted by Gasteiger charge is 2.28. The first-order chi connectivity index (χ1) is 22.8. The highest BCUT2D eigenvalue weighted by molar-refractivity contribution is 6.36. The van der Waals surface area contributed by atoms with Gasteiger partial charge in [0.15, 0.2) is 0 Å². The van der Waals surface area contributed by atoms with Crippen molar-refractivity contribution in [2.24, 2.45) is 9.98 Å². The molecule has 0 unspecified atom stereocenters. The average Bonchev–Trinajstić information content (AvgIpc) is 3.69. The van der Waals surface area contributed by atoms with Crippen molar-refractivity contribution in [2.45, 2.75) is 0 Å². The molecule has 2 heteroatoms. The smallest absolute Gasteiger partial charge is 0.0817 e. The summed E-state index contributed by atoms with van der Waals surface area (Å²) in [4.78, 5) is 10.5. The first-order valence-corrected chi connectivity index (χ1v) is 15.8. The highest BCUT2D eigenvalue weighted by Crippen LogP contribution is 2.53. The molecule has 210 valence electrons. The van der Waals surface area contributed by atoms with Gasteiger partial charge in [-0.3, -0.25) is 0 Å². The van der Waals surface area contributed by atoms with Crippen LogP contribution in [0.5, 0.6) is 0 Å². The van der Waals surface area contributed by atoms with Crippen molar-refractivity contribution in [3.05, 3.63) is 167 Å². The Morgan fingerprint density at radius 3 is 1.91 bits per heavy atom. The maximum atomic E-state index is 5.24. The molecule has 0 N–H and O–H groups in total. The third-order valence-corrected chi connectivity index (χ3v) is 10.1. The molecule has 0 spiro atoms. The minimum atomic E-state index is 0.985. The van der Waals surface area contributed by atoms with Crippen LogP contribution in [0, 0.1) is 10.4 Å². The van der Waals surface area contributed by atoms with Crippen LogP contribution in [-0.2, 0) is 0 Å². The minimum Gasteiger partial charge on any atom is -0.248 e. The topological polar surface area (TPSA) is 24.7 Å². The van der Waals surface area contributed by atoms with Crippen molar-refractivity contribution < 1.29 is 0 Å². The van der Waals surface area contributed by atoms with Gasteiger partial charge in [0.25, 0.3) is 0 Å². The number of benzene rings is 9. The number of rotatable bonds is 2. The fourth-order valence-corrected chi connectivity index (χ4v) is 8.24. The van der Waals surface area contributed by atoms with E-state index in [1.54, 1.807) is 0 Å². The van der Waals surface area contributed by atoms with Gasteiger partial charge in [-0.1, -0.05) is 121 Å². The summed E-state index contributed by atoms with van der Waals surface area (Å²) in [5.41, 5.74) is 9.17. The third kappa shape index (κ3) is 3.05. The number of fused-ring (bicyclic) bond motifs is 8. The van der Waals surface area contributed by atoms with E-state index in [9.17, 15) is 0 Å². The fraction of sp³-hybridized carbons (Fsp3) is 0. The van der Waals surface area contributed by atoms with Crippen LogP contribution in [0.15, 0.2) is 156 Å². The molecule has 9 aromatic carbocycles. The molecule has 0 amide bonds. The van der Waals surface area contributed by atoms with Crippen LogP contribution >= 0.6 is 0 Å². The van der Waals surface area contributed by atoms with Crippen molar-refractivity contribution in [3.63, 3.8) is 0 Å². The van der Waals surface area contributed by atoms with E-state index < -0.39 is 0 Å². The molecule has 46 heavy (non-hydrogen) atoms. The molecule has 2 nitrogen and oxygen atoms in total. The second kappa shape index (κ2) is 8.74. The molecule has 0 saturated heterocycles. The molecule has 11 rings (SSSR count). The van der Waals surface area contributed by atoms with Crippen molar-refractivity contribution in [1.29, 1.82) is 0 Å². The molecule has 0 aliphatic carbocycles. The molecule has 2 aliphatic rings. The number of hydrogen-bond acceptors (Lipinski definition) is 2. The zero-order valence-corrected chi connectivity index (χ0v) is 24.8. The number of hydrogen-bond donors (Lipinski definition) is 0. The molecule has 2 heterocycles. The second-order valence-electron chi connectivity index (χ2n) is 12.4. The number of nitrogens with zero attached hydrogens (tertiary/aromatic N) is 2. The summed E-state index contributed by atoms with van der Waals surface area (Å²) in [6.45, 7) is 0. The Kier molecular flexibility index (Phi) is 4.61. The molecule has 0 fully saturated rings. The minimum absolute atomic E-state index is 0.985. The van der Waals surface area contributed by atoms with Crippen LogP contribution in [0.4, 0.5) is 11.4 Å². The lowest BCUT2D eigenvalue weighted by Crippen LogP contribution is -2.01. The van der Waals surface area contributed by atoms with Gasteiger partial charge < -0.3 is 0 Å². The first-order valence-electron chi connectivity index (χ1n) is 15.8. The normalized spacial score (nSPS) is 12.7. The Morgan fingerprint density at radius 1 is 0.348 bits per heavy atom. The van der Waals surface area contributed by atoms with Crippen LogP contribution in [0.2, 0.25) is 0 Å². The molecular weight excluding hydrogens is 556 g/mol. The largest absolute Gasteiger partial charge is 0.248 e. The summed E-state index contributed by atoms with van der Waals surface area (Å²) in [6.07, 6.45) is 0. The lowest BCUT2D eigenvalue weighted by atomic mass is 9.81. The second-order valence-corrected chi connectivity index (χ2v) is 12.4. The van der Waals surface area contributed by atoms with E-state index in [4.69, 9.17) is 9.98 Å². The standard InChI is InChI=1S/C44H24N2/c1-2-9-25(10-3-1)28-21-23-36-42(43-37(45-36)24-22-32-29-14-4-5-18-35(29)46-44(32)43)40(28)34-20-19-27-13-7-16-31-30-15-6-11-26-12-8-17-33(38(26)30)41(34)39(27)31/h1-24H. The summed E-state index contributed by atoms with van der Waals surface area (Å²) < 4.78 is 0. The summed E-state index contributed by atoms with van der Waals surface area (Å²) >= 11 is 0. The lowest BCUT2D eigenvalue weighted by Gasteiger charge is -2.21. The van der Waals surface area contributed by atoms with E-state index in [1.807, 2.05) is 0 Å². The Labute approximate surface area is 263 Å². The van der Waals surface area contributed by atoms with E-state index in [0.717, 1.165) is 27.7 Å². The van der Waals surface area contributed by atoms with Gasteiger partial charge in [-0.05, 0) is 84.0 Å². The van der Waals surface area contributed by atoms with Crippen LogP contribution in [0.25, 0.3) is 76.5 Å². The van der Waals surface area contributed by atoms with Gasteiger partial charge in [0.1, 0.15) is 0 Å². The van der Waals surface area contributed by atoms with Gasteiger partial charge in [0.05, 0.1) is 22.1 Å². The summed E-state index contributed by atoms with van der Waals surface area (Å²) in [5, 5.41) is 14.7. The maximum absolute atomic E-state index is 5.24. The zero-order valence-electron chi connectivity index (χ0n) is 24.8. The van der Waals surface area contributed by atoms with Gasteiger partial charge in [-0.25, -0.2) is 9.98 Å². The van der Waals surface area contributed by atoms with Crippen LogP contribution in [-0.4, -0.2) is 0 Å². The quantitative estimate of drug-likeness (QED) is 0.144. The molecular formula is C44H24N2. The maximum Gasteiger partial charge on any atom is 0.0817 e. The molecule has 0 aromatic heterocycles. The molecule has 0 atom stereocenters. The third-order valence-electron chi connectivity index (χ3n) is 10.1. The van der Waals surface area contributed by atoms with Gasteiger partial charge in [0, 0.05) is 27.1 Å². The van der Waals surface area contributed by atoms with Gasteiger partial charge in [0.2, 0.25) is 0 Å². The van der Waals surface area contributed by atoms with E-state index in [0.29, 0.717) is 0 Å². The van der Waals surface area contributed by atoms with E-state index in [-0.39, 0.29) is 0 Å². The average molecular weight is 581 g/mol. The van der Waals surface area contributed by atoms with Crippen LogP contribution < -0.4 is 10.7 Å². The van der Waals surface area contributed by atoms with Crippen molar-refractivity contribution in [3.8, 4) is 33.4 Å². The summed E-state index contributed by atoms with van der Waals surface area (Å²) in [6, 6.07) is 53.0. The predicted octanol–water partition coefficient (Wildman–Crippen LogP) is 10.6. The zero-order chi connectivity index (χ0) is 29.9. The predicted molar refractivity (Wildman–Crippen MR) is 190 cm³/mol. The first kappa shape index (κ1) is 24.2. The Balaban J connectivity index is 1.37. The fourth-order valence-electron chi connectivity index (χ4n) is 8.24. The van der Waals surface area contributed by atoms with Crippen molar-refractivity contribution in [1.82, 2.24) is 0 Å². The van der Waals surface area contributed by atoms with Crippen molar-refractivity contribution in [2.75, 3.05) is 0 Å². The summed E-state index contributed by atoms with van der Waals surface area (Å²) in [7, 11) is 0. The Hall–Kier alpha value is -6.12. The van der Waals surface area contributed by atoms with E-state index in [1.165, 1.54) is 81.3 Å². The molecule has 9 aromatic rings. The highest BCUT2D eigenvalue weighted by atomic mass is 14.8. The molecule has 2 aliphatic heterocycles. The Morgan fingerprint density at radius 2 is 1.07 bits per heavy atom. The van der Waals surface area contributed by atoms with Crippen LogP contribution in [0.3, 0.4) is 0 Å². The SMILES string of the molecule is c1ccc(-c2ccc3c(c2-c2ccc4cccc5c6cccc7cccc(c2c45)c76)-c2c4c(ccc2=N3)=c2ccccc2=N4)cc1. The Bertz CT molecular complexity index is 3010. The monoisotopic (exact) mass is 580 g/mol. The number of para-hydroxylation sites is 1. The van der Waals surface area contributed by atoms with Gasteiger partial charge >= 0.3 is 0 Å².